The van der Waals surface area contributed by atoms with Crippen molar-refractivity contribution in [1.29, 1.82) is 0 Å². The second-order valence-electron chi connectivity index (χ2n) is 4.87. The molecule has 110 valence electrons. The maximum atomic E-state index is 12.5. The van der Waals surface area contributed by atoms with Crippen LogP contribution in [0, 0.1) is 0 Å². The van der Waals surface area contributed by atoms with E-state index in [4.69, 9.17) is 11.6 Å². The molecule has 21 heavy (non-hydrogen) atoms. The van der Waals surface area contributed by atoms with E-state index in [1.165, 1.54) is 0 Å². The van der Waals surface area contributed by atoms with Crippen molar-refractivity contribution in [3.63, 3.8) is 0 Å². The lowest BCUT2D eigenvalue weighted by atomic mass is 10.1. The molecule has 2 aromatic rings. The van der Waals surface area contributed by atoms with Gasteiger partial charge in [0, 0.05) is 22.5 Å². The zero-order valence-corrected chi connectivity index (χ0v) is 13.9. The smallest absolute Gasteiger partial charge is 0.254 e. The summed E-state index contributed by atoms with van der Waals surface area (Å²) in [7, 11) is 1.82. The molecule has 0 aliphatic rings. The fraction of sp³-hybridized carbons (Fsp3) is 0.235. The third-order valence-corrected chi connectivity index (χ3v) is 4.59. The van der Waals surface area contributed by atoms with Crippen molar-refractivity contribution in [3.05, 3.63) is 64.7 Å². The van der Waals surface area contributed by atoms with Gasteiger partial charge in [-0.3, -0.25) is 4.79 Å². The van der Waals surface area contributed by atoms with E-state index in [0.717, 1.165) is 10.5 Å². The van der Waals surface area contributed by atoms with E-state index in [9.17, 15) is 4.79 Å². The van der Waals surface area contributed by atoms with Gasteiger partial charge < -0.3 is 4.90 Å². The molecule has 0 saturated carbocycles. The number of hydrogen-bond donors (Lipinski definition) is 0. The van der Waals surface area contributed by atoms with Crippen molar-refractivity contribution >= 4 is 29.3 Å². The molecule has 0 aliphatic carbocycles. The van der Waals surface area contributed by atoms with Crippen molar-refractivity contribution in [1.82, 2.24) is 4.90 Å². The van der Waals surface area contributed by atoms with Crippen molar-refractivity contribution < 1.29 is 4.79 Å². The average molecular weight is 320 g/mol. The second kappa shape index (κ2) is 7.01. The van der Waals surface area contributed by atoms with Crippen LogP contribution in [0.4, 0.5) is 0 Å². The maximum Gasteiger partial charge on any atom is 0.254 e. The fourth-order valence-corrected chi connectivity index (χ4v) is 2.61. The van der Waals surface area contributed by atoms with Crippen molar-refractivity contribution in [3.8, 4) is 0 Å². The van der Waals surface area contributed by atoms with Gasteiger partial charge in [0.2, 0.25) is 0 Å². The van der Waals surface area contributed by atoms with E-state index in [1.807, 2.05) is 68.8 Å². The van der Waals surface area contributed by atoms with Crippen LogP contribution < -0.4 is 0 Å². The van der Waals surface area contributed by atoms with Crippen molar-refractivity contribution in [2.75, 3.05) is 13.3 Å². The Morgan fingerprint density at radius 2 is 1.67 bits per heavy atom. The Bertz CT molecular complexity index is 610. The van der Waals surface area contributed by atoms with Crippen LogP contribution in [0.5, 0.6) is 0 Å². The Morgan fingerprint density at radius 3 is 2.19 bits per heavy atom. The van der Waals surface area contributed by atoms with Crippen LogP contribution in [0.3, 0.4) is 0 Å². The number of thioether (sulfide) groups is 1. The van der Waals surface area contributed by atoms with Gasteiger partial charge in [0.1, 0.15) is 0 Å². The molecule has 4 heteroatoms. The highest BCUT2D eigenvalue weighted by Gasteiger charge is 2.18. The first kappa shape index (κ1) is 15.9. The summed E-state index contributed by atoms with van der Waals surface area (Å²) in [5.74, 6) is 0.0186. The van der Waals surface area contributed by atoms with Gasteiger partial charge in [-0.05, 0) is 55.1 Å². The number of amides is 1. The molecule has 2 aromatic carbocycles. The van der Waals surface area contributed by atoms with Crippen LogP contribution in [0.1, 0.15) is 28.9 Å². The SMILES string of the molecule is CSc1ccc(C(=O)N(C)C(C)c2ccc(Cl)cc2)cc1. The van der Waals surface area contributed by atoms with Crippen LogP contribution in [0.25, 0.3) is 0 Å². The Labute approximate surface area is 135 Å². The lowest BCUT2D eigenvalue weighted by molar-refractivity contribution is 0.0742. The van der Waals surface area contributed by atoms with E-state index in [0.29, 0.717) is 10.6 Å². The number of benzene rings is 2. The number of carbonyl (C=O) groups is 1. The molecule has 0 aromatic heterocycles. The second-order valence-corrected chi connectivity index (χ2v) is 6.19. The molecule has 0 N–H and O–H groups in total. The normalized spacial score (nSPS) is 12.0. The van der Waals surface area contributed by atoms with Crippen molar-refractivity contribution in [2.24, 2.45) is 0 Å². The Hall–Kier alpha value is -1.45. The van der Waals surface area contributed by atoms with Gasteiger partial charge in [-0.25, -0.2) is 0 Å². The maximum absolute atomic E-state index is 12.5. The lowest BCUT2D eigenvalue weighted by Crippen LogP contribution is -2.29. The van der Waals surface area contributed by atoms with Gasteiger partial charge in [-0.15, -0.1) is 11.8 Å². The van der Waals surface area contributed by atoms with Crippen LogP contribution >= 0.6 is 23.4 Å². The Balaban J connectivity index is 2.15. The van der Waals surface area contributed by atoms with Gasteiger partial charge >= 0.3 is 0 Å². The summed E-state index contributed by atoms with van der Waals surface area (Å²) in [5, 5.41) is 0.701. The molecule has 0 spiro atoms. The largest absolute Gasteiger partial charge is 0.335 e. The average Bonchev–Trinajstić information content (AvgIpc) is 2.53. The summed E-state index contributed by atoms with van der Waals surface area (Å²) in [5.41, 5.74) is 1.77. The summed E-state index contributed by atoms with van der Waals surface area (Å²) < 4.78 is 0. The van der Waals surface area contributed by atoms with Gasteiger partial charge in [-0.2, -0.15) is 0 Å². The predicted molar refractivity (Wildman–Crippen MR) is 90.2 cm³/mol. The topological polar surface area (TPSA) is 20.3 Å². The molecular weight excluding hydrogens is 302 g/mol. The van der Waals surface area contributed by atoms with Crippen molar-refractivity contribution in [2.45, 2.75) is 17.9 Å². The number of halogens is 1. The molecule has 0 saturated heterocycles. The monoisotopic (exact) mass is 319 g/mol. The standard InChI is InChI=1S/C17H18ClNOS/c1-12(13-4-8-15(18)9-5-13)19(2)17(20)14-6-10-16(21-3)11-7-14/h4-12H,1-3H3. The molecule has 0 aliphatic heterocycles. The molecule has 0 fully saturated rings. The first-order valence-corrected chi connectivity index (χ1v) is 8.30. The predicted octanol–water partition coefficient (Wildman–Crippen LogP) is 4.90. The van der Waals surface area contributed by atoms with Gasteiger partial charge in [0.05, 0.1) is 6.04 Å². The summed E-state index contributed by atoms with van der Waals surface area (Å²) >= 11 is 7.57. The van der Waals surface area contributed by atoms with E-state index < -0.39 is 0 Å². The lowest BCUT2D eigenvalue weighted by Gasteiger charge is -2.25. The minimum absolute atomic E-state index is 0.00464. The first-order chi connectivity index (χ1) is 10.0. The van der Waals surface area contributed by atoms with E-state index in [2.05, 4.69) is 0 Å². The van der Waals surface area contributed by atoms with Crippen LogP contribution in [0.15, 0.2) is 53.4 Å². The van der Waals surface area contributed by atoms with E-state index >= 15 is 0 Å². The third-order valence-electron chi connectivity index (χ3n) is 3.59. The molecule has 2 nitrogen and oxygen atoms in total. The van der Waals surface area contributed by atoms with Gasteiger partial charge in [0.25, 0.3) is 5.91 Å². The highest BCUT2D eigenvalue weighted by molar-refractivity contribution is 7.98. The highest BCUT2D eigenvalue weighted by Crippen LogP contribution is 2.23. The number of carbonyl (C=O) groups excluding carboxylic acids is 1. The number of nitrogens with zero attached hydrogens (tertiary/aromatic N) is 1. The summed E-state index contributed by atoms with van der Waals surface area (Å²) in [6.45, 7) is 2.01. The first-order valence-electron chi connectivity index (χ1n) is 6.69. The summed E-state index contributed by atoms with van der Waals surface area (Å²) in [4.78, 5) is 15.4. The molecule has 1 amide bonds. The third kappa shape index (κ3) is 3.80. The quantitative estimate of drug-likeness (QED) is 0.747. The minimum atomic E-state index is -0.00464. The highest BCUT2D eigenvalue weighted by atomic mass is 35.5. The zero-order chi connectivity index (χ0) is 15.4. The molecule has 0 bridgehead atoms. The molecule has 2 rings (SSSR count). The van der Waals surface area contributed by atoms with Crippen LogP contribution in [-0.2, 0) is 0 Å². The van der Waals surface area contributed by atoms with Gasteiger partial charge in [-0.1, -0.05) is 23.7 Å². The molecule has 0 radical (unpaired) electrons. The molecular formula is C17H18ClNOS. The molecule has 1 atom stereocenters. The van der Waals surface area contributed by atoms with E-state index in [-0.39, 0.29) is 11.9 Å². The van der Waals surface area contributed by atoms with Crippen LogP contribution in [-0.4, -0.2) is 24.1 Å². The molecule has 0 heterocycles. The molecule has 1 unspecified atom stereocenters. The number of hydrogen-bond acceptors (Lipinski definition) is 2. The number of rotatable bonds is 4. The van der Waals surface area contributed by atoms with E-state index in [1.54, 1.807) is 16.7 Å². The summed E-state index contributed by atoms with van der Waals surface area (Å²) in [6.07, 6.45) is 2.02. The summed E-state index contributed by atoms with van der Waals surface area (Å²) in [6, 6.07) is 15.3. The fourth-order valence-electron chi connectivity index (χ4n) is 2.08. The van der Waals surface area contributed by atoms with Crippen LogP contribution in [0.2, 0.25) is 5.02 Å². The Morgan fingerprint density at radius 1 is 1.10 bits per heavy atom. The minimum Gasteiger partial charge on any atom is -0.335 e. The Kier molecular flexibility index (Phi) is 5.32. The van der Waals surface area contributed by atoms with Gasteiger partial charge in [0.15, 0.2) is 0 Å². The zero-order valence-electron chi connectivity index (χ0n) is 12.3.